The minimum Gasteiger partial charge on any atom is -0.481 e. The normalized spacial score (nSPS) is 23.1. The van der Waals surface area contributed by atoms with Crippen LogP contribution >= 0.6 is 11.8 Å². The van der Waals surface area contributed by atoms with Gasteiger partial charge in [-0.25, -0.2) is 4.98 Å². The summed E-state index contributed by atoms with van der Waals surface area (Å²) in [4.78, 5) is 8.63. The van der Waals surface area contributed by atoms with Crippen LogP contribution in [-0.2, 0) is 0 Å². The molecule has 18 heavy (non-hydrogen) atoms. The Morgan fingerprint density at radius 2 is 2.28 bits per heavy atom. The molecule has 1 aliphatic rings. The first-order valence-corrected chi connectivity index (χ1v) is 7.55. The number of hydrogen-bond donors (Lipinski definition) is 1. The van der Waals surface area contributed by atoms with E-state index in [1.807, 2.05) is 24.8 Å². The number of nitrogens with zero attached hydrogens (tertiary/aromatic N) is 2. The third-order valence-electron chi connectivity index (χ3n) is 3.19. The summed E-state index contributed by atoms with van der Waals surface area (Å²) in [6.45, 7) is 4.11. The zero-order valence-corrected chi connectivity index (χ0v) is 12.1. The SMILES string of the molecule is CCSC1CCCC1Nc1cc(OC)nc(C)n1. The van der Waals surface area contributed by atoms with Crippen molar-refractivity contribution in [3.05, 3.63) is 11.9 Å². The highest BCUT2D eigenvalue weighted by Gasteiger charge is 2.27. The first-order chi connectivity index (χ1) is 8.72. The number of ether oxygens (including phenoxy) is 1. The van der Waals surface area contributed by atoms with Crippen molar-refractivity contribution in [1.82, 2.24) is 9.97 Å². The lowest BCUT2D eigenvalue weighted by atomic mass is 10.2. The molecule has 0 saturated heterocycles. The Morgan fingerprint density at radius 3 is 3.00 bits per heavy atom. The molecule has 5 heteroatoms. The Balaban J connectivity index is 2.06. The smallest absolute Gasteiger partial charge is 0.218 e. The van der Waals surface area contributed by atoms with Gasteiger partial charge in [0.2, 0.25) is 5.88 Å². The fraction of sp³-hybridized carbons (Fsp3) is 0.692. The van der Waals surface area contributed by atoms with Crippen LogP contribution in [0.5, 0.6) is 5.88 Å². The van der Waals surface area contributed by atoms with Crippen molar-refractivity contribution >= 4 is 17.6 Å². The van der Waals surface area contributed by atoms with Crippen LogP contribution < -0.4 is 10.1 Å². The predicted octanol–water partition coefficient (Wildman–Crippen LogP) is 2.88. The lowest BCUT2D eigenvalue weighted by Crippen LogP contribution is -2.26. The molecule has 0 spiro atoms. The maximum absolute atomic E-state index is 5.18. The van der Waals surface area contributed by atoms with Crippen molar-refractivity contribution in [3.63, 3.8) is 0 Å². The Labute approximate surface area is 113 Å². The van der Waals surface area contributed by atoms with Gasteiger partial charge in [-0.05, 0) is 25.5 Å². The Bertz CT molecular complexity index is 400. The molecule has 0 aromatic carbocycles. The van der Waals surface area contributed by atoms with Crippen LogP contribution in [0.15, 0.2) is 6.07 Å². The molecule has 1 saturated carbocycles. The van der Waals surface area contributed by atoms with Crippen LogP contribution in [-0.4, -0.2) is 34.1 Å². The number of thioether (sulfide) groups is 1. The monoisotopic (exact) mass is 267 g/mol. The highest BCUT2D eigenvalue weighted by atomic mass is 32.2. The molecule has 0 aliphatic heterocycles. The third kappa shape index (κ3) is 3.28. The molecule has 1 aromatic heterocycles. The van der Waals surface area contributed by atoms with Crippen LogP contribution in [0.2, 0.25) is 0 Å². The quantitative estimate of drug-likeness (QED) is 0.889. The summed E-state index contributed by atoms with van der Waals surface area (Å²) in [5, 5.41) is 4.24. The van der Waals surface area contributed by atoms with Gasteiger partial charge < -0.3 is 10.1 Å². The molecule has 0 bridgehead atoms. The molecular weight excluding hydrogens is 246 g/mol. The molecule has 0 radical (unpaired) electrons. The first kappa shape index (κ1) is 13.5. The van der Waals surface area contributed by atoms with E-state index in [0.717, 1.165) is 11.6 Å². The van der Waals surface area contributed by atoms with E-state index in [-0.39, 0.29) is 0 Å². The van der Waals surface area contributed by atoms with Gasteiger partial charge in [-0.1, -0.05) is 13.3 Å². The third-order valence-corrected chi connectivity index (χ3v) is 4.52. The molecule has 4 nitrogen and oxygen atoms in total. The van der Waals surface area contributed by atoms with Gasteiger partial charge in [0.05, 0.1) is 7.11 Å². The number of rotatable bonds is 5. The Kier molecular flexibility index (Phi) is 4.69. The molecule has 100 valence electrons. The minimum absolute atomic E-state index is 0.522. The number of anilines is 1. The molecule has 1 N–H and O–H groups in total. The first-order valence-electron chi connectivity index (χ1n) is 6.50. The zero-order chi connectivity index (χ0) is 13.0. The maximum Gasteiger partial charge on any atom is 0.218 e. The predicted molar refractivity (Wildman–Crippen MR) is 76.5 cm³/mol. The highest BCUT2D eigenvalue weighted by Crippen LogP contribution is 2.32. The lowest BCUT2D eigenvalue weighted by molar-refractivity contribution is 0.396. The van der Waals surface area contributed by atoms with E-state index in [1.54, 1.807) is 7.11 Å². The van der Waals surface area contributed by atoms with Crippen molar-refractivity contribution in [2.75, 3.05) is 18.2 Å². The molecular formula is C13H21N3OS. The second kappa shape index (κ2) is 6.27. The van der Waals surface area contributed by atoms with Gasteiger partial charge in [0, 0.05) is 17.4 Å². The van der Waals surface area contributed by atoms with E-state index in [0.29, 0.717) is 17.2 Å². The van der Waals surface area contributed by atoms with E-state index in [1.165, 1.54) is 25.0 Å². The topological polar surface area (TPSA) is 47.0 Å². The van der Waals surface area contributed by atoms with E-state index in [4.69, 9.17) is 4.74 Å². The minimum atomic E-state index is 0.522. The summed E-state index contributed by atoms with van der Waals surface area (Å²) in [5.74, 6) is 3.43. The molecule has 1 heterocycles. The van der Waals surface area contributed by atoms with Gasteiger partial charge >= 0.3 is 0 Å². The van der Waals surface area contributed by atoms with Crippen molar-refractivity contribution in [1.29, 1.82) is 0 Å². The summed E-state index contributed by atoms with van der Waals surface area (Å²) in [7, 11) is 1.64. The molecule has 2 atom stereocenters. The largest absolute Gasteiger partial charge is 0.481 e. The number of aromatic nitrogens is 2. The second-order valence-electron chi connectivity index (χ2n) is 4.52. The summed E-state index contributed by atoms with van der Waals surface area (Å²) < 4.78 is 5.18. The van der Waals surface area contributed by atoms with Gasteiger partial charge in [-0.15, -0.1) is 0 Å². The average Bonchev–Trinajstić information content (AvgIpc) is 2.76. The lowest BCUT2D eigenvalue weighted by Gasteiger charge is -2.21. The van der Waals surface area contributed by atoms with E-state index in [9.17, 15) is 0 Å². The van der Waals surface area contributed by atoms with Crippen LogP contribution in [0.1, 0.15) is 32.0 Å². The number of nitrogens with one attached hydrogen (secondary N) is 1. The van der Waals surface area contributed by atoms with Gasteiger partial charge in [0.25, 0.3) is 0 Å². The van der Waals surface area contributed by atoms with Crippen LogP contribution in [0.3, 0.4) is 0 Å². The van der Waals surface area contributed by atoms with Crippen LogP contribution in [0.25, 0.3) is 0 Å². The molecule has 2 rings (SSSR count). The fourth-order valence-corrected chi connectivity index (χ4v) is 3.61. The molecule has 1 fully saturated rings. The van der Waals surface area contributed by atoms with Crippen molar-refractivity contribution < 1.29 is 4.74 Å². The van der Waals surface area contributed by atoms with Gasteiger partial charge in [-0.2, -0.15) is 16.7 Å². The fourth-order valence-electron chi connectivity index (χ4n) is 2.41. The summed E-state index contributed by atoms with van der Waals surface area (Å²) in [6.07, 6.45) is 3.83. The summed E-state index contributed by atoms with van der Waals surface area (Å²) >= 11 is 2.04. The van der Waals surface area contributed by atoms with Crippen molar-refractivity contribution in [2.45, 2.75) is 44.4 Å². The van der Waals surface area contributed by atoms with Gasteiger partial charge in [0.1, 0.15) is 11.6 Å². The number of hydrogen-bond acceptors (Lipinski definition) is 5. The Hall–Kier alpha value is -0.970. The summed E-state index contributed by atoms with van der Waals surface area (Å²) in [6, 6.07) is 2.40. The highest BCUT2D eigenvalue weighted by molar-refractivity contribution is 7.99. The Morgan fingerprint density at radius 1 is 1.44 bits per heavy atom. The van der Waals surface area contributed by atoms with E-state index >= 15 is 0 Å². The van der Waals surface area contributed by atoms with E-state index < -0.39 is 0 Å². The second-order valence-corrected chi connectivity index (χ2v) is 6.03. The van der Waals surface area contributed by atoms with Crippen molar-refractivity contribution in [3.8, 4) is 5.88 Å². The number of methoxy groups -OCH3 is 1. The molecule has 0 amide bonds. The van der Waals surface area contributed by atoms with E-state index in [2.05, 4.69) is 22.2 Å². The molecule has 1 aromatic rings. The van der Waals surface area contributed by atoms with Crippen molar-refractivity contribution in [2.24, 2.45) is 0 Å². The van der Waals surface area contributed by atoms with Crippen LogP contribution in [0.4, 0.5) is 5.82 Å². The molecule has 2 unspecified atom stereocenters. The van der Waals surface area contributed by atoms with Crippen LogP contribution in [0, 0.1) is 6.92 Å². The molecule has 1 aliphatic carbocycles. The average molecular weight is 267 g/mol. The van der Waals surface area contributed by atoms with Gasteiger partial charge in [0.15, 0.2) is 0 Å². The van der Waals surface area contributed by atoms with Gasteiger partial charge in [-0.3, -0.25) is 0 Å². The zero-order valence-electron chi connectivity index (χ0n) is 11.3. The number of aryl methyl sites for hydroxylation is 1. The summed E-state index contributed by atoms with van der Waals surface area (Å²) in [5.41, 5.74) is 0. The maximum atomic E-state index is 5.18. The standard InChI is InChI=1S/C13H21N3OS/c1-4-18-11-7-5-6-10(11)16-12-8-13(17-3)15-9(2)14-12/h8,10-11H,4-7H2,1-3H3,(H,14,15,16).